The van der Waals surface area contributed by atoms with E-state index in [-0.39, 0.29) is 12.2 Å². The van der Waals surface area contributed by atoms with Crippen LogP contribution in [0.1, 0.15) is 43.1 Å². The van der Waals surface area contributed by atoms with E-state index in [1.54, 1.807) is 12.1 Å². The molecule has 2 atom stereocenters. The molecular weight excluding hydrogens is 269 g/mol. The van der Waals surface area contributed by atoms with Crippen molar-refractivity contribution in [3.63, 3.8) is 0 Å². The highest BCUT2D eigenvalue weighted by molar-refractivity contribution is 5.65. The first-order chi connectivity index (χ1) is 9.20. The highest BCUT2D eigenvalue weighted by Gasteiger charge is 2.55. The molecule has 2 nitrogen and oxygen atoms in total. The second-order valence-electron chi connectivity index (χ2n) is 5.12. The molecule has 0 radical (unpaired) electrons. The number of ether oxygens (including phenoxy) is 1. The lowest BCUT2D eigenvalue weighted by molar-refractivity contribution is -0.230. The summed E-state index contributed by atoms with van der Waals surface area (Å²) in [4.78, 5) is 0. The largest absolute Gasteiger partial charge is 0.473 e. The molecule has 0 saturated heterocycles. The van der Waals surface area contributed by atoms with Crippen LogP contribution in [-0.2, 0) is 0 Å². The fourth-order valence-electron chi connectivity index (χ4n) is 2.37. The van der Waals surface area contributed by atoms with E-state index in [4.69, 9.17) is 4.74 Å². The van der Waals surface area contributed by atoms with Crippen LogP contribution < -0.4 is 4.74 Å². The first-order valence-corrected chi connectivity index (χ1v) is 6.48. The fourth-order valence-corrected chi connectivity index (χ4v) is 2.37. The van der Waals surface area contributed by atoms with E-state index in [0.717, 1.165) is 11.6 Å². The van der Waals surface area contributed by atoms with Gasteiger partial charge in [0.25, 0.3) is 0 Å². The molecule has 0 fully saturated rings. The van der Waals surface area contributed by atoms with Gasteiger partial charge in [-0.05, 0) is 44.0 Å². The second-order valence-corrected chi connectivity index (χ2v) is 5.12. The molecule has 0 bridgehead atoms. The number of benzene rings is 1. The zero-order valence-corrected chi connectivity index (χ0v) is 11.6. The van der Waals surface area contributed by atoms with Crippen molar-refractivity contribution in [2.75, 3.05) is 0 Å². The lowest BCUT2D eigenvalue weighted by Crippen LogP contribution is -2.49. The van der Waals surface area contributed by atoms with Crippen molar-refractivity contribution in [2.24, 2.45) is 0 Å². The molecular formula is C15H17F3O2. The molecule has 1 aliphatic heterocycles. The molecule has 0 spiro atoms. The molecule has 0 amide bonds. The SMILES string of the molecule is CCC1(C(F)(F)F)C=Cc2cc(C)cc(C(C)O)c2O1. The molecule has 0 saturated carbocycles. The zero-order chi connectivity index (χ0) is 15.1. The van der Waals surface area contributed by atoms with Gasteiger partial charge in [0.05, 0.1) is 6.10 Å². The number of rotatable bonds is 2. The van der Waals surface area contributed by atoms with Crippen molar-refractivity contribution in [3.05, 3.63) is 34.9 Å². The van der Waals surface area contributed by atoms with Crippen LogP contribution in [0.25, 0.3) is 6.08 Å². The summed E-state index contributed by atoms with van der Waals surface area (Å²) in [5.41, 5.74) is -0.511. The van der Waals surface area contributed by atoms with Crippen LogP contribution in [0.2, 0.25) is 0 Å². The topological polar surface area (TPSA) is 29.5 Å². The van der Waals surface area contributed by atoms with Crippen molar-refractivity contribution in [1.82, 2.24) is 0 Å². The Morgan fingerprint density at radius 1 is 1.35 bits per heavy atom. The third-order valence-corrected chi connectivity index (χ3v) is 3.56. The maximum Gasteiger partial charge on any atom is 0.432 e. The molecule has 0 aliphatic carbocycles. The third kappa shape index (κ3) is 2.30. The van der Waals surface area contributed by atoms with Gasteiger partial charge >= 0.3 is 6.18 Å². The van der Waals surface area contributed by atoms with Crippen LogP contribution in [0.3, 0.4) is 0 Å². The number of aryl methyl sites for hydroxylation is 1. The van der Waals surface area contributed by atoms with Crippen LogP contribution >= 0.6 is 0 Å². The Kier molecular flexibility index (Phi) is 3.58. The molecule has 1 aliphatic rings. The summed E-state index contributed by atoms with van der Waals surface area (Å²) in [6.07, 6.45) is -3.14. The van der Waals surface area contributed by atoms with Gasteiger partial charge in [-0.2, -0.15) is 13.2 Å². The normalized spacial score (nSPS) is 23.1. The van der Waals surface area contributed by atoms with E-state index >= 15 is 0 Å². The highest BCUT2D eigenvalue weighted by atomic mass is 19.4. The van der Waals surface area contributed by atoms with E-state index in [1.807, 2.05) is 6.92 Å². The average Bonchev–Trinajstić information content (AvgIpc) is 2.35. The third-order valence-electron chi connectivity index (χ3n) is 3.56. The van der Waals surface area contributed by atoms with Gasteiger partial charge in [-0.25, -0.2) is 0 Å². The number of hydrogen-bond acceptors (Lipinski definition) is 2. The second kappa shape index (κ2) is 4.81. The van der Waals surface area contributed by atoms with Crippen LogP contribution in [0.15, 0.2) is 18.2 Å². The van der Waals surface area contributed by atoms with E-state index in [2.05, 4.69) is 0 Å². The van der Waals surface area contributed by atoms with E-state index in [1.165, 1.54) is 19.9 Å². The first kappa shape index (κ1) is 14.9. The molecule has 5 heteroatoms. The van der Waals surface area contributed by atoms with E-state index < -0.39 is 17.9 Å². The molecule has 1 heterocycles. The lowest BCUT2D eigenvalue weighted by Gasteiger charge is -2.37. The van der Waals surface area contributed by atoms with Gasteiger partial charge in [0, 0.05) is 11.1 Å². The Hall–Kier alpha value is -1.49. The number of hydrogen-bond donors (Lipinski definition) is 1. The predicted octanol–water partition coefficient (Wildman–Crippen LogP) is 4.17. The lowest BCUT2D eigenvalue weighted by atomic mass is 9.92. The van der Waals surface area contributed by atoms with Gasteiger partial charge in [-0.1, -0.05) is 13.0 Å². The van der Waals surface area contributed by atoms with Crippen molar-refractivity contribution in [1.29, 1.82) is 0 Å². The number of aliphatic hydroxyl groups is 1. The summed E-state index contributed by atoms with van der Waals surface area (Å²) in [5.74, 6) is 0.118. The van der Waals surface area contributed by atoms with Gasteiger partial charge in [0.2, 0.25) is 5.60 Å². The molecule has 0 aromatic heterocycles. The predicted molar refractivity (Wildman–Crippen MR) is 70.6 cm³/mol. The molecule has 20 heavy (non-hydrogen) atoms. The number of alkyl halides is 3. The molecule has 1 aromatic rings. The van der Waals surface area contributed by atoms with Crippen molar-refractivity contribution >= 4 is 6.08 Å². The standard InChI is InChI=1S/C15H17F3O2/c1-4-14(15(16,17)18)6-5-11-7-9(2)8-12(10(3)19)13(11)20-14/h5-8,10,19H,4H2,1-3H3. The molecule has 2 rings (SSSR count). The minimum Gasteiger partial charge on any atom is -0.473 e. The van der Waals surface area contributed by atoms with Gasteiger partial charge in [0.1, 0.15) is 5.75 Å². The Bertz CT molecular complexity index is 547. The monoisotopic (exact) mass is 286 g/mol. The van der Waals surface area contributed by atoms with E-state index in [0.29, 0.717) is 11.1 Å². The molecule has 1 aromatic carbocycles. The highest BCUT2D eigenvalue weighted by Crippen LogP contribution is 2.45. The summed E-state index contributed by atoms with van der Waals surface area (Å²) in [6.45, 7) is 4.77. The average molecular weight is 286 g/mol. The number of fused-ring (bicyclic) bond motifs is 1. The van der Waals surface area contributed by atoms with Crippen molar-refractivity contribution < 1.29 is 23.0 Å². The molecule has 1 N–H and O–H groups in total. The smallest absolute Gasteiger partial charge is 0.432 e. The summed E-state index contributed by atoms with van der Waals surface area (Å²) in [6, 6.07) is 3.40. The Morgan fingerprint density at radius 3 is 2.50 bits per heavy atom. The van der Waals surface area contributed by atoms with Gasteiger partial charge in [-0.15, -0.1) is 0 Å². The van der Waals surface area contributed by atoms with Crippen molar-refractivity contribution in [3.8, 4) is 5.75 Å². The van der Waals surface area contributed by atoms with Crippen LogP contribution in [0.5, 0.6) is 5.75 Å². The van der Waals surface area contributed by atoms with Gasteiger partial charge in [-0.3, -0.25) is 0 Å². The Morgan fingerprint density at radius 2 is 2.00 bits per heavy atom. The van der Waals surface area contributed by atoms with Crippen molar-refractivity contribution in [2.45, 2.75) is 45.1 Å². The Labute approximate surface area is 115 Å². The maximum atomic E-state index is 13.3. The molecule has 2 unspecified atom stereocenters. The summed E-state index contributed by atoms with van der Waals surface area (Å²) < 4.78 is 45.1. The summed E-state index contributed by atoms with van der Waals surface area (Å²) >= 11 is 0. The van der Waals surface area contributed by atoms with Crippen LogP contribution in [0.4, 0.5) is 13.2 Å². The molecule has 110 valence electrons. The minimum absolute atomic E-state index is 0.118. The van der Waals surface area contributed by atoms with Crippen LogP contribution in [0, 0.1) is 6.92 Å². The zero-order valence-electron chi connectivity index (χ0n) is 11.6. The maximum absolute atomic E-state index is 13.3. The quantitative estimate of drug-likeness (QED) is 0.884. The Balaban J connectivity index is 2.59. The van der Waals surface area contributed by atoms with Crippen LogP contribution in [-0.4, -0.2) is 16.9 Å². The number of aliphatic hydroxyl groups excluding tert-OH is 1. The minimum atomic E-state index is -4.50. The van der Waals surface area contributed by atoms with E-state index in [9.17, 15) is 18.3 Å². The fraction of sp³-hybridized carbons (Fsp3) is 0.467. The van der Waals surface area contributed by atoms with Gasteiger partial charge in [0.15, 0.2) is 0 Å². The first-order valence-electron chi connectivity index (χ1n) is 6.48. The summed E-state index contributed by atoms with van der Waals surface area (Å²) in [7, 11) is 0. The number of halogens is 3. The van der Waals surface area contributed by atoms with Gasteiger partial charge < -0.3 is 9.84 Å². The summed E-state index contributed by atoms with van der Waals surface area (Å²) in [5, 5.41) is 9.76.